The highest BCUT2D eigenvalue weighted by Crippen LogP contribution is 2.21. The highest BCUT2D eigenvalue weighted by Gasteiger charge is 2.11. The van der Waals surface area contributed by atoms with E-state index in [1.165, 1.54) is 20.2 Å². The Balaban J connectivity index is 1.65. The van der Waals surface area contributed by atoms with Crippen molar-refractivity contribution in [1.29, 1.82) is 0 Å². The molecule has 5 heteroatoms. The van der Waals surface area contributed by atoms with Crippen molar-refractivity contribution in [2.45, 2.75) is 12.6 Å². The number of hydrogen-bond donors (Lipinski definition) is 2. The maximum atomic E-state index is 3.52. The lowest BCUT2D eigenvalue weighted by Crippen LogP contribution is -2.44. The molecule has 2 nitrogen and oxygen atoms in total. The van der Waals surface area contributed by atoms with E-state index in [0.29, 0.717) is 6.04 Å². The van der Waals surface area contributed by atoms with E-state index < -0.39 is 0 Å². The van der Waals surface area contributed by atoms with E-state index in [1.54, 1.807) is 11.3 Å². The molecule has 2 N–H and O–H groups in total. The van der Waals surface area contributed by atoms with Crippen molar-refractivity contribution < 1.29 is 0 Å². The lowest BCUT2D eigenvalue weighted by Gasteiger charge is -2.23. The summed E-state index contributed by atoms with van der Waals surface area (Å²) in [6, 6.07) is 4.92. The Morgan fingerprint density at radius 3 is 3.13 bits per heavy atom. The first kappa shape index (κ1) is 11.9. The number of halogens is 1. The SMILES string of the molecule is Brc1ccc(CNCC2CSCCN2)s1. The van der Waals surface area contributed by atoms with Crippen LogP contribution in [0.25, 0.3) is 0 Å². The van der Waals surface area contributed by atoms with Crippen molar-refractivity contribution in [3.8, 4) is 0 Å². The van der Waals surface area contributed by atoms with E-state index in [4.69, 9.17) is 0 Å². The zero-order valence-electron chi connectivity index (χ0n) is 8.46. The summed E-state index contributed by atoms with van der Waals surface area (Å²) < 4.78 is 1.21. The molecule has 1 unspecified atom stereocenters. The summed E-state index contributed by atoms with van der Waals surface area (Å²) in [5.41, 5.74) is 0. The van der Waals surface area contributed by atoms with Crippen molar-refractivity contribution in [3.63, 3.8) is 0 Å². The summed E-state index contributed by atoms with van der Waals surface area (Å²) >= 11 is 7.32. The van der Waals surface area contributed by atoms with Gasteiger partial charge < -0.3 is 10.6 Å². The van der Waals surface area contributed by atoms with Gasteiger partial charge in [0.1, 0.15) is 0 Å². The number of hydrogen-bond acceptors (Lipinski definition) is 4. The van der Waals surface area contributed by atoms with Gasteiger partial charge in [0.2, 0.25) is 0 Å². The topological polar surface area (TPSA) is 24.1 Å². The van der Waals surface area contributed by atoms with Crippen LogP contribution in [-0.2, 0) is 6.54 Å². The summed E-state index contributed by atoms with van der Waals surface area (Å²) in [4.78, 5) is 1.39. The Morgan fingerprint density at radius 1 is 1.53 bits per heavy atom. The molecule has 0 bridgehead atoms. The second-order valence-electron chi connectivity index (χ2n) is 3.56. The maximum absolute atomic E-state index is 3.52. The molecule has 1 aliphatic heterocycles. The van der Waals surface area contributed by atoms with Gasteiger partial charge in [-0.05, 0) is 28.1 Å². The average Bonchev–Trinajstić information content (AvgIpc) is 2.66. The van der Waals surface area contributed by atoms with E-state index in [-0.39, 0.29) is 0 Å². The van der Waals surface area contributed by atoms with E-state index in [1.807, 2.05) is 11.8 Å². The summed E-state index contributed by atoms with van der Waals surface area (Å²) in [6.45, 7) is 3.21. The van der Waals surface area contributed by atoms with Crippen LogP contribution in [0.3, 0.4) is 0 Å². The Morgan fingerprint density at radius 2 is 2.47 bits per heavy atom. The van der Waals surface area contributed by atoms with Crippen molar-refractivity contribution in [2.24, 2.45) is 0 Å². The molecular formula is C10H15BrN2S2. The molecule has 2 heterocycles. The van der Waals surface area contributed by atoms with Gasteiger partial charge in [-0.25, -0.2) is 0 Å². The van der Waals surface area contributed by atoms with Gasteiger partial charge >= 0.3 is 0 Å². The largest absolute Gasteiger partial charge is 0.311 e. The molecule has 0 saturated carbocycles. The van der Waals surface area contributed by atoms with Crippen molar-refractivity contribution >= 4 is 39.0 Å². The molecule has 84 valence electrons. The smallest absolute Gasteiger partial charge is 0.0701 e. The van der Waals surface area contributed by atoms with Gasteiger partial charge in [0.25, 0.3) is 0 Å². The lowest BCUT2D eigenvalue weighted by molar-refractivity contribution is 0.515. The molecule has 0 spiro atoms. The molecule has 1 aliphatic rings. The quantitative estimate of drug-likeness (QED) is 0.892. The van der Waals surface area contributed by atoms with Gasteiger partial charge in [-0.15, -0.1) is 11.3 Å². The molecule has 1 aromatic heterocycles. The monoisotopic (exact) mass is 306 g/mol. The Hall–Kier alpha value is 0.450. The summed E-state index contributed by atoms with van der Waals surface area (Å²) in [5.74, 6) is 2.50. The zero-order chi connectivity index (χ0) is 10.5. The maximum Gasteiger partial charge on any atom is 0.0701 e. The van der Waals surface area contributed by atoms with Crippen LogP contribution in [0.5, 0.6) is 0 Å². The van der Waals surface area contributed by atoms with Gasteiger partial charge in [0.05, 0.1) is 3.79 Å². The molecular weight excluding hydrogens is 292 g/mol. The second kappa shape index (κ2) is 6.25. The Bertz CT molecular complexity index is 297. The first-order chi connectivity index (χ1) is 7.34. The molecule has 1 atom stereocenters. The van der Waals surface area contributed by atoms with Gasteiger partial charge in [0.15, 0.2) is 0 Å². The van der Waals surface area contributed by atoms with Crippen LogP contribution < -0.4 is 10.6 Å². The summed E-state index contributed by atoms with van der Waals surface area (Å²) in [6.07, 6.45) is 0. The van der Waals surface area contributed by atoms with Crippen LogP contribution in [0.4, 0.5) is 0 Å². The third-order valence-corrected chi connectivity index (χ3v) is 5.07. The van der Waals surface area contributed by atoms with Gasteiger partial charge in [-0.1, -0.05) is 0 Å². The lowest BCUT2D eigenvalue weighted by atomic mass is 10.3. The van der Waals surface area contributed by atoms with Crippen LogP contribution in [-0.4, -0.2) is 30.6 Å². The molecule has 2 rings (SSSR count). The molecule has 1 fully saturated rings. The van der Waals surface area contributed by atoms with E-state index in [0.717, 1.165) is 19.6 Å². The molecule has 0 aliphatic carbocycles. The highest BCUT2D eigenvalue weighted by atomic mass is 79.9. The van der Waals surface area contributed by atoms with E-state index in [9.17, 15) is 0 Å². The number of thiophene rings is 1. The van der Waals surface area contributed by atoms with Crippen molar-refractivity contribution in [2.75, 3.05) is 24.6 Å². The fourth-order valence-corrected chi connectivity index (χ4v) is 3.97. The standard InChI is InChI=1S/C10H15BrN2S2/c11-10-2-1-9(15-10)6-12-5-8-7-14-4-3-13-8/h1-2,8,12-13H,3-7H2. The highest BCUT2D eigenvalue weighted by molar-refractivity contribution is 9.11. The zero-order valence-corrected chi connectivity index (χ0v) is 11.7. The minimum Gasteiger partial charge on any atom is -0.311 e. The molecule has 1 saturated heterocycles. The molecule has 0 amide bonds. The number of rotatable bonds is 4. The third-order valence-electron chi connectivity index (χ3n) is 2.32. The number of thioether (sulfide) groups is 1. The van der Waals surface area contributed by atoms with Crippen molar-refractivity contribution in [3.05, 3.63) is 20.8 Å². The molecule has 1 aromatic rings. The minimum atomic E-state index is 0.646. The van der Waals surface area contributed by atoms with Gasteiger partial charge in [-0.2, -0.15) is 11.8 Å². The third kappa shape index (κ3) is 4.07. The molecule has 0 radical (unpaired) electrons. The minimum absolute atomic E-state index is 0.646. The average molecular weight is 307 g/mol. The van der Waals surface area contributed by atoms with Gasteiger partial charge in [0, 0.05) is 42.1 Å². The van der Waals surface area contributed by atoms with Crippen molar-refractivity contribution in [1.82, 2.24) is 10.6 Å². The van der Waals surface area contributed by atoms with Crippen LogP contribution in [0.2, 0.25) is 0 Å². The fraction of sp³-hybridized carbons (Fsp3) is 0.600. The summed E-state index contributed by atoms with van der Waals surface area (Å²) in [5, 5.41) is 7.02. The summed E-state index contributed by atoms with van der Waals surface area (Å²) in [7, 11) is 0. The first-order valence-electron chi connectivity index (χ1n) is 5.10. The van der Waals surface area contributed by atoms with Crippen LogP contribution in [0.1, 0.15) is 4.88 Å². The van der Waals surface area contributed by atoms with E-state index >= 15 is 0 Å². The Labute approximate surface area is 107 Å². The normalized spacial score (nSPS) is 21.8. The molecule has 0 aromatic carbocycles. The van der Waals surface area contributed by atoms with Gasteiger partial charge in [-0.3, -0.25) is 0 Å². The fourth-order valence-electron chi connectivity index (χ4n) is 1.57. The number of nitrogens with one attached hydrogen (secondary N) is 2. The van der Waals surface area contributed by atoms with E-state index in [2.05, 4.69) is 38.7 Å². The van der Waals surface area contributed by atoms with Crippen LogP contribution >= 0.6 is 39.0 Å². The first-order valence-corrected chi connectivity index (χ1v) is 7.87. The Kier molecular flexibility index (Phi) is 4.97. The molecule has 15 heavy (non-hydrogen) atoms. The van der Waals surface area contributed by atoms with Crippen LogP contribution in [0, 0.1) is 0 Å². The van der Waals surface area contributed by atoms with Crippen LogP contribution in [0.15, 0.2) is 15.9 Å². The second-order valence-corrected chi connectivity index (χ2v) is 7.26. The predicted octanol–water partition coefficient (Wildman–Crippen LogP) is 2.31. The predicted molar refractivity (Wildman–Crippen MR) is 72.8 cm³/mol.